The van der Waals surface area contributed by atoms with Crippen molar-refractivity contribution in [3.05, 3.63) is 48.2 Å². The van der Waals surface area contributed by atoms with Gasteiger partial charge in [-0.2, -0.15) is 0 Å². The summed E-state index contributed by atoms with van der Waals surface area (Å²) in [7, 11) is 1.70. The molecular weight excluding hydrogens is 256 g/mol. The molecule has 2 aromatic rings. The number of benzene rings is 1. The van der Waals surface area contributed by atoms with Crippen LogP contribution in [0, 0.1) is 0 Å². The number of para-hydroxylation sites is 1. The topological polar surface area (TPSA) is 34.1 Å². The summed E-state index contributed by atoms with van der Waals surface area (Å²) in [5.41, 5.74) is 1.21. The third-order valence-corrected chi connectivity index (χ3v) is 3.77. The number of methoxy groups -OCH3 is 1. The van der Waals surface area contributed by atoms with Gasteiger partial charge in [-0.3, -0.25) is 0 Å². The van der Waals surface area contributed by atoms with Crippen LogP contribution in [0.3, 0.4) is 0 Å². The number of anilines is 1. The van der Waals surface area contributed by atoms with E-state index in [1.54, 1.807) is 18.9 Å². The Morgan fingerprint density at radius 3 is 2.74 bits per heavy atom. The molecule has 3 nitrogen and oxygen atoms in total. The van der Waals surface area contributed by atoms with Crippen molar-refractivity contribution in [2.75, 3.05) is 19.0 Å². The van der Waals surface area contributed by atoms with Crippen LogP contribution in [0.2, 0.25) is 0 Å². The van der Waals surface area contributed by atoms with Gasteiger partial charge in [-0.15, -0.1) is 11.8 Å². The van der Waals surface area contributed by atoms with Crippen LogP contribution in [0.15, 0.2) is 47.5 Å². The minimum Gasteiger partial charge on any atom is -0.496 e. The van der Waals surface area contributed by atoms with E-state index in [0.29, 0.717) is 0 Å². The lowest BCUT2D eigenvalue weighted by atomic mass is 10.3. The molecule has 0 amide bonds. The molecule has 19 heavy (non-hydrogen) atoms. The van der Waals surface area contributed by atoms with Gasteiger partial charge in [0.25, 0.3) is 0 Å². The van der Waals surface area contributed by atoms with Crippen LogP contribution in [0.4, 0.5) is 5.82 Å². The van der Waals surface area contributed by atoms with Gasteiger partial charge in [0.05, 0.1) is 7.11 Å². The summed E-state index contributed by atoms with van der Waals surface area (Å²) in [5.74, 6) is 2.73. The Balaban J connectivity index is 1.98. The zero-order valence-corrected chi connectivity index (χ0v) is 12.0. The molecule has 0 unspecified atom stereocenters. The highest BCUT2D eigenvalue weighted by atomic mass is 32.2. The summed E-state index contributed by atoms with van der Waals surface area (Å²) in [5, 5.41) is 3.19. The van der Waals surface area contributed by atoms with E-state index in [-0.39, 0.29) is 0 Å². The van der Waals surface area contributed by atoms with E-state index in [2.05, 4.69) is 29.4 Å². The van der Waals surface area contributed by atoms with E-state index in [1.807, 2.05) is 30.5 Å². The molecule has 1 N–H and O–H groups in total. The smallest absolute Gasteiger partial charge is 0.132 e. The Labute approximate surface area is 118 Å². The zero-order valence-electron chi connectivity index (χ0n) is 11.2. The van der Waals surface area contributed by atoms with Gasteiger partial charge in [0.15, 0.2) is 0 Å². The fourth-order valence-corrected chi connectivity index (χ4v) is 2.66. The minimum absolute atomic E-state index is 0.889. The number of rotatable bonds is 6. The van der Waals surface area contributed by atoms with Crippen LogP contribution in [0.25, 0.3) is 0 Å². The second-order valence-corrected chi connectivity index (χ2v) is 5.04. The van der Waals surface area contributed by atoms with Gasteiger partial charge in [0.2, 0.25) is 0 Å². The predicted octanol–water partition coefficient (Wildman–Crippen LogP) is 3.81. The molecule has 0 bridgehead atoms. The quantitative estimate of drug-likeness (QED) is 0.812. The average molecular weight is 274 g/mol. The Morgan fingerprint density at radius 1 is 1.21 bits per heavy atom. The molecule has 0 spiro atoms. The SMILES string of the molecule is CCNc1ccc(CSc2ccccc2OC)cn1. The molecule has 1 aromatic heterocycles. The molecule has 0 fully saturated rings. The molecule has 4 heteroatoms. The minimum atomic E-state index is 0.889. The number of ether oxygens (including phenoxy) is 1. The van der Waals surface area contributed by atoms with Gasteiger partial charge in [-0.05, 0) is 30.7 Å². The standard InChI is InChI=1S/C15H18N2OS/c1-3-16-15-9-8-12(10-17-15)11-19-14-7-5-4-6-13(14)18-2/h4-10H,3,11H2,1-2H3,(H,16,17). The summed E-state index contributed by atoms with van der Waals surface area (Å²) >= 11 is 1.76. The van der Waals surface area contributed by atoms with Crippen molar-refractivity contribution in [1.29, 1.82) is 0 Å². The van der Waals surface area contributed by atoms with E-state index < -0.39 is 0 Å². The van der Waals surface area contributed by atoms with E-state index in [0.717, 1.165) is 28.8 Å². The highest BCUT2D eigenvalue weighted by Crippen LogP contribution is 2.31. The maximum absolute atomic E-state index is 5.34. The summed E-state index contributed by atoms with van der Waals surface area (Å²) in [6.07, 6.45) is 1.92. The lowest BCUT2D eigenvalue weighted by Gasteiger charge is -2.08. The highest BCUT2D eigenvalue weighted by molar-refractivity contribution is 7.98. The summed E-state index contributed by atoms with van der Waals surface area (Å²) in [6, 6.07) is 12.2. The zero-order chi connectivity index (χ0) is 13.5. The summed E-state index contributed by atoms with van der Waals surface area (Å²) in [4.78, 5) is 5.52. The summed E-state index contributed by atoms with van der Waals surface area (Å²) < 4.78 is 5.34. The number of hydrogen-bond acceptors (Lipinski definition) is 4. The van der Waals surface area contributed by atoms with Crippen LogP contribution >= 0.6 is 11.8 Å². The van der Waals surface area contributed by atoms with Crippen molar-refractivity contribution in [3.63, 3.8) is 0 Å². The van der Waals surface area contributed by atoms with E-state index in [9.17, 15) is 0 Å². The fourth-order valence-electron chi connectivity index (χ4n) is 1.69. The van der Waals surface area contributed by atoms with Gasteiger partial charge >= 0.3 is 0 Å². The molecule has 0 saturated carbocycles. The highest BCUT2D eigenvalue weighted by Gasteiger charge is 2.03. The first-order valence-electron chi connectivity index (χ1n) is 6.28. The maximum atomic E-state index is 5.34. The second-order valence-electron chi connectivity index (χ2n) is 4.02. The normalized spacial score (nSPS) is 10.2. The third kappa shape index (κ3) is 3.89. The van der Waals surface area contributed by atoms with Gasteiger partial charge in [-0.25, -0.2) is 4.98 Å². The largest absolute Gasteiger partial charge is 0.496 e. The van der Waals surface area contributed by atoms with Crippen LogP contribution < -0.4 is 10.1 Å². The molecule has 2 rings (SSSR count). The van der Waals surface area contributed by atoms with Crippen molar-refractivity contribution >= 4 is 17.6 Å². The first kappa shape index (κ1) is 13.7. The lowest BCUT2D eigenvalue weighted by molar-refractivity contribution is 0.405. The molecule has 100 valence electrons. The van der Waals surface area contributed by atoms with Gasteiger partial charge in [-0.1, -0.05) is 18.2 Å². The lowest BCUT2D eigenvalue weighted by Crippen LogP contribution is -1.98. The predicted molar refractivity (Wildman–Crippen MR) is 81.0 cm³/mol. The number of nitrogens with one attached hydrogen (secondary N) is 1. The Kier molecular flexibility index (Phi) is 5.10. The Morgan fingerprint density at radius 2 is 2.05 bits per heavy atom. The Bertz CT molecular complexity index is 514. The molecular formula is C15H18N2OS. The monoisotopic (exact) mass is 274 g/mol. The molecule has 0 radical (unpaired) electrons. The molecule has 0 aliphatic heterocycles. The first-order valence-corrected chi connectivity index (χ1v) is 7.26. The molecule has 0 aliphatic rings. The molecule has 1 heterocycles. The van der Waals surface area contributed by atoms with E-state index >= 15 is 0 Å². The number of hydrogen-bond donors (Lipinski definition) is 1. The van der Waals surface area contributed by atoms with Crippen LogP contribution in [-0.2, 0) is 5.75 Å². The number of thioether (sulfide) groups is 1. The first-order chi connectivity index (χ1) is 9.33. The van der Waals surface area contributed by atoms with Crippen LogP contribution in [0.5, 0.6) is 5.75 Å². The van der Waals surface area contributed by atoms with Crippen molar-refractivity contribution < 1.29 is 4.74 Å². The summed E-state index contributed by atoms with van der Waals surface area (Å²) in [6.45, 7) is 2.95. The van der Waals surface area contributed by atoms with Crippen LogP contribution in [0.1, 0.15) is 12.5 Å². The molecule has 1 aromatic carbocycles. The van der Waals surface area contributed by atoms with Crippen molar-refractivity contribution in [3.8, 4) is 5.75 Å². The number of pyridine rings is 1. The van der Waals surface area contributed by atoms with Crippen molar-refractivity contribution in [2.45, 2.75) is 17.6 Å². The number of aromatic nitrogens is 1. The fraction of sp³-hybridized carbons (Fsp3) is 0.267. The van der Waals surface area contributed by atoms with Gasteiger partial charge in [0, 0.05) is 23.4 Å². The maximum Gasteiger partial charge on any atom is 0.132 e. The molecule has 0 aliphatic carbocycles. The molecule has 0 saturated heterocycles. The van der Waals surface area contributed by atoms with Crippen molar-refractivity contribution in [1.82, 2.24) is 4.98 Å². The average Bonchev–Trinajstić information content (AvgIpc) is 2.47. The second kappa shape index (κ2) is 7.04. The third-order valence-electron chi connectivity index (χ3n) is 2.65. The van der Waals surface area contributed by atoms with Gasteiger partial charge < -0.3 is 10.1 Å². The van der Waals surface area contributed by atoms with Crippen LogP contribution in [-0.4, -0.2) is 18.6 Å². The molecule has 0 atom stereocenters. The van der Waals surface area contributed by atoms with E-state index in [1.165, 1.54) is 5.56 Å². The van der Waals surface area contributed by atoms with E-state index in [4.69, 9.17) is 4.74 Å². The van der Waals surface area contributed by atoms with Crippen molar-refractivity contribution in [2.24, 2.45) is 0 Å². The Hall–Kier alpha value is -1.68. The van der Waals surface area contributed by atoms with Gasteiger partial charge in [0.1, 0.15) is 11.6 Å². The number of nitrogens with zero attached hydrogens (tertiary/aromatic N) is 1.